The highest BCUT2D eigenvalue weighted by molar-refractivity contribution is 5.76. The summed E-state index contributed by atoms with van der Waals surface area (Å²) in [6, 6.07) is -0.811. The van der Waals surface area contributed by atoms with Crippen LogP contribution in [0.5, 0.6) is 0 Å². The molecule has 1 aliphatic rings. The summed E-state index contributed by atoms with van der Waals surface area (Å²) >= 11 is 0. The lowest BCUT2D eigenvalue weighted by molar-refractivity contribution is -0.302. The number of amides is 1. The van der Waals surface area contributed by atoms with E-state index < -0.39 is 49.5 Å². The standard InChI is InChI=1S/C53H89NO8/c1-3-5-7-9-11-13-14-15-16-17-18-19-20-21-22-23-24-25-26-27-28-29-30-31-32-33-34-35-37-39-41-43-49(57)54-46(47(56)42-40-38-36-12-10-8-6-4-2)45-61-53-52(60)51(59)50(58)48(44-55)62-53/h5,7,11,13,15-16,18-19,21-22,24-25,27-28,40,42,46-48,50-53,55-56,58-60H,3-4,6,8-10,12,14,17,20,23,26,29-39,41,43-45H2,1-2H3,(H,54,57)/b7-5-,13-11-,16-15-,19-18-,22-21-,25-24-,28-27-,42-40+. The number of carbonyl (C=O) groups is 1. The molecule has 354 valence electrons. The third kappa shape index (κ3) is 31.9. The molecule has 1 fully saturated rings. The quantitative estimate of drug-likeness (QED) is 0.0264. The van der Waals surface area contributed by atoms with Gasteiger partial charge in [0, 0.05) is 6.42 Å². The van der Waals surface area contributed by atoms with Crippen molar-refractivity contribution in [1.29, 1.82) is 0 Å². The molecule has 1 rings (SSSR count). The Morgan fingerprint density at radius 2 is 1.00 bits per heavy atom. The largest absolute Gasteiger partial charge is 0.394 e. The molecule has 0 aromatic carbocycles. The summed E-state index contributed by atoms with van der Waals surface area (Å²) in [6.45, 7) is 3.59. The SMILES string of the molecule is CC/C=C\C/C=C\C/C=C\C/C=C\C/C=C\C/C=C\C/C=C\CCCCCCCCCCCC(=O)NC(COC1OC(CO)C(O)C(O)C1O)C(O)/C=C/CCCCCCCC. The number of carbonyl (C=O) groups excluding carboxylic acids is 1. The van der Waals surface area contributed by atoms with E-state index >= 15 is 0 Å². The van der Waals surface area contributed by atoms with Gasteiger partial charge >= 0.3 is 0 Å². The normalized spacial score (nSPS) is 21.2. The first-order valence-corrected chi connectivity index (χ1v) is 24.5. The number of unbranched alkanes of at least 4 members (excludes halogenated alkanes) is 15. The van der Waals surface area contributed by atoms with Gasteiger partial charge in [-0.25, -0.2) is 0 Å². The number of ether oxygens (including phenoxy) is 2. The van der Waals surface area contributed by atoms with Crippen molar-refractivity contribution >= 4 is 5.91 Å². The van der Waals surface area contributed by atoms with Gasteiger partial charge in [0.15, 0.2) is 6.29 Å². The monoisotopic (exact) mass is 868 g/mol. The highest BCUT2D eigenvalue weighted by Crippen LogP contribution is 2.22. The Hall–Kier alpha value is -2.89. The summed E-state index contributed by atoms with van der Waals surface area (Å²) in [7, 11) is 0. The average molecular weight is 868 g/mol. The van der Waals surface area contributed by atoms with Crippen LogP contribution < -0.4 is 5.32 Å². The van der Waals surface area contributed by atoms with Gasteiger partial charge in [0.1, 0.15) is 24.4 Å². The minimum atomic E-state index is -1.57. The van der Waals surface area contributed by atoms with Crippen LogP contribution in [0.4, 0.5) is 0 Å². The van der Waals surface area contributed by atoms with Gasteiger partial charge in [-0.1, -0.05) is 188 Å². The zero-order chi connectivity index (χ0) is 45.1. The lowest BCUT2D eigenvalue weighted by atomic mass is 9.99. The van der Waals surface area contributed by atoms with Crippen molar-refractivity contribution in [3.63, 3.8) is 0 Å². The number of aliphatic hydroxyl groups is 5. The van der Waals surface area contributed by atoms with E-state index in [1.807, 2.05) is 6.08 Å². The molecule has 7 unspecified atom stereocenters. The minimum Gasteiger partial charge on any atom is -0.394 e. The van der Waals surface area contributed by atoms with Crippen LogP contribution in [0.15, 0.2) is 97.2 Å². The first kappa shape index (κ1) is 57.1. The van der Waals surface area contributed by atoms with Crippen LogP contribution in [0.3, 0.4) is 0 Å². The predicted molar refractivity (Wildman–Crippen MR) is 258 cm³/mol. The summed E-state index contributed by atoms with van der Waals surface area (Å²) in [4.78, 5) is 12.9. The number of allylic oxidation sites excluding steroid dienone is 15. The second kappa shape index (κ2) is 42.1. The van der Waals surface area contributed by atoms with Crippen LogP contribution in [-0.2, 0) is 14.3 Å². The number of rotatable bonds is 39. The van der Waals surface area contributed by atoms with Gasteiger partial charge in [0.25, 0.3) is 0 Å². The molecule has 1 amide bonds. The van der Waals surface area contributed by atoms with Gasteiger partial charge in [-0.2, -0.15) is 0 Å². The highest BCUT2D eigenvalue weighted by Gasteiger charge is 2.44. The molecular formula is C53H89NO8. The molecule has 0 aromatic rings. The molecule has 0 aliphatic carbocycles. The fraction of sp³-hybridized carbons (Fsp3) is 0.679. The second-order valence-electron chi connectivity index (χ2n) is 16.5. The van der Waals surface area contributed by atoms with Gasteiger partial charge < -0.3 is 40.3 Å². The lowest BCUT2D eigenvalue weighted by Crippen LogP contribution is -2.60. The summed E-state index contributed by atoms with van der Waals surface area (Å²) in [5.74, 6) is -0.192. The number of hydrogen-bond donors (Lipinski definition) is 6. The van der Waals surface area contributed by atoms with Gasteiger partial charge in [-0.3, -0.25) is 4.79 Å². The molecule has 0 bridgehead atoms. The summed E-state index contributed by atoms with van der Waals surface area (Å²) in [6.07, 6.45) is 53.3. The van der Waals surface area contributed by atoms with Crippen molar-refractivity contribution in [2.45, 2.75) is 217 Å². The molecule has 0 saturated carbocycles. The van der Waals surface area contributed by atoms with Crippen LogP contribution >= 0.6 is 0 Å². The second-order valence-corrected chi connectivity index (χ2v) is 16.5. The zero-order valence-corrected chi connectivity index (χ0v) is 38.8. The van der Waals surface area contributed by atoms with E-state index in [4.69, 9.17) is 9.47 Å². The number of hydrogen-bond acceptors (Lipinski definition) is 8. The van der Waals surface area contributed by atoms with Gasteiger partial charge in [0.2, 0.25) is 5.91 Å². The molecule has 1 heterocycles. The summed E-state index contributed by atoms with van der Waals surface area (Å²) < 4.78 is 11.2. The molecule has 9 heteroatoms. The van der Waals surface area contributed by atoms with E-state index in [0.717, 1.165) is 96.3 Å². The fourth-order valence-corrected chi connectivity index (χ4v) is 7.02. The Morgan fingerprint density at radius 1 is 0.565 bits per heavy atom. The van der Waals surface area contributed by atoms with Gasteiger partial charge in [-0.05, 0) is 77.0 Å². The summed E-state index contributed by atoms with van der Waals surface area (Å²) in [5.41, 5.74) is 0. The van der Waals surface area contributed by atoms with Crippen molar-refractivity contribution in [1.82, 2.24) is 5.32 Å². The highest BCUT2D eigenvalue weighted by atomic mass is 16.7. The molecule has 9 nitrogen and oxygen atoms in total. The fourth-order valence-electron chi connectivity index (χ4n) is 7.02. The third-order valence-corrected chi connectivity index (χ3v) is 10.9. The van der Waals surface area contributed by atoms with E-state index in [-0.39, 0.29) is 12.5 Å². The molecule has 6 N–H and O–H groups in total. The van der Waals surface area contributed by atoms with E-state index in [0.29, 0.717) is 6.42 Å². The zero-order valence-electron chi connectivity index (χ0n) is 38.8. The maximum atomic E-state index is 12.9. The smallest absolute Gasteiger partial charge is 0.220 e. The third-order valence-electron chi connectivity index (χ3n) is 10.9. The van der Waals surface area contributed by atoms with Crippen molar-refractivity contribution < 1.29 is 39.8 Å². The van der Waals surface area contributed by atoms with Gasteiger partial charge in [0.05, 0.1) is 25.4 Å². The van der Waals surface area contributed by atoms with Crippen molar-refractivity contribution in [2.24, 2.45) is 0 Å². The van der Waals surface area contributed by atoms with Crippen LogP contribution in [0.1, 0.15) is 174 Å². The van der Waals surface area contributed by atoms with E-state index in [1.165, 1.54) is 57.8 Å². The molecule has 0 spiro atoms. The topological polar surface area (TPSA) is 149 Å². The Bertz CT molecular complexity index is 1280. The van der Waals surface area contributed by atoms with E-state index in [1.54, 1.807) is 6.08 Å². The van der Waals surface area contributed by atoms with Crippen LogP contribution in [0, 0.1) is 0 Å². The Labute approximate surface area is 377 Å². The summed E-state index contributed by atoms with van der Waals surface area (Å²) in [5, 5.41) is 54.0. The first-order chi connectivity index (χ1) is 30.3. The van der Waals surface area contributed by atoms with Crippen molar-refractivity contribution in [2.75, 3.05) is 13.2 Å². The molecule has 0 aromatic heterocycles. The molecule has 1 aliphatic heterocycles. The maximum absolute atomic E-state index is 12.9. The number of aliphatic hydroxyl groups excluding tert-OH is 5. The lowest BCUT2D eigenvalue weighted by Gasteiger charge is -2.40. The molecule has 0 radical (unpaired) electrons. The minimum absolute atomic E-state index is 0.192. The van der Waals surface area contributed by atoms with E-state index in [9.17, 15) is 30.3 Å². The van der Waals surface area contributed by atoms with Crippen molar-refractivity contribution in [3.8, 4) is 0 Å². The van der Waals surface area contributed by atoms with Crippen LogP contribution in [0.2, 0.25) is 0 Å². The molecule has 62 heavy (non-hydrogen) atoms. The van der Waals surface area contributed by atoms with Crippen molar-refractivity contribution in [3.05, 3.63) is 97.2 Å². The number of nitrogens with one attached hydrogen (secondary N) is 1. The predicted octanol–water partition coefficient (Wildman–Crippen LogP) is 10.9. The Morgan fingerprint density at radius 3 is 1.48 bits per heavy atom. The van der Waals surface area contributed by atoms with Gasteiger partial charge in [-0.15, -0.1) is 0 Å². The van der Waals surface area contributed by atoms with Crippen LogP contribution in [-0.4, -0.2) is 87.5 Å². The first-order valence-electron chi connectivity index (χ1n) is 24.5. The Kier molecular flexibility index (Phi) is 38.8. The average Bonchev–Trinajstić information content (AvgIpc) is 3.27. The van der Waals surface area contributed by atoms with Crippen LogP contribution in [0.25, 0.3) is 0 Å². The molecule has 1 saturated heterocycles. The maximum Gasteiger partial charge on any atom is 0.220 e. The Balaban J connectivity index is 2.18. The molecule has 7 atom stereocenters. The molecular weight excluding hydrogens is 779 g/mol. The van der Waals surface area contributed by atoms with E-state index in [2.05, 4.69) is 104 Å².